The lowest BCUT2D eigenvalue weighted by Gasteiger charge is -1.97. The molecule has 0 amide bonds. The number of H-pyrrole nitrogens is 1. The van der Waals surface area contributed by atoms with Crippen molar-refractivity contribution in [3.63, 3.8) is 0 Å². The van der Waals surface area contributed by atoms with Crippen LogP contribution in [0.1, 0.15) is 39.3 Å². The Morgan fingerprint density at radius 3 is 2.53 bits per heavy atom. The minimum atomic E-state index is 0.477. The SMILES string of the molecule is CC.CC(C)c1cc2c(Cl)ccnc2[nH]1. The number of nitrogens with one attached hydrogen (secondary N) is 1. The summed E-state index contributed by atoms with van der Waals surface area (Å²) in [6.45, 7) is 8.28. The molecule has 2 rings (SSSR count). The van der Waals surface area contributed by atoms with E-state index in [0.717, 1.165) is 16.1 Å². The van der Waals surface area contributed by atoms with E-state index in [9.17, 15) is 0 Å². The number of fused-ring (bicyclic) bond motifs is 1. The summed E-state index contributed by atoms with van der Waals surface area (Å²) in [4.78, 5) is 7.45. The fraction of sp³-hybridized carbons (Fsp3) is 0.417. The Kier molecular flexibility index (Phi) is 4.15. The van der Waals surface area contributed by atoms with Crippen molar-refractivity contribution in [1.82, 2.24) is 9.97 Å². The summed E-state index contributed by atoms with van der Waals surface area (Å²) < 4.78 is 0. The molecule has 0 saturated carbocycles. The van der Waals surface area contributed by atoms with Crippen molar-refractivity contribution < 1.29 is 0 Å². The highest BCUT2D eigenvalue weighted by Gasteiger charge is 2.06. The first-order valence-corrected chi connectivity index (χ1v) is 5.69. The van der Waals surface area contributed by atoms with Gasteiger partial charge in [-0.05, 0) is 18.1 Å². The number of nitrogens with zero attached hydrogens (tertiary/aromatic N) is 1. The first kappa shape index (κ1) is 12.1. The summed E-state index contributed by atoms with van der Waals surface area (Å²) in [5.74, 6) is 0.477. The van der Waals surface area contributed by atoms with Gasteiger partial charge >= 0.3 is 0 Å². The zero-order valence-corrected chi connectivity index (χ0v) is 10.4. The van der Waals surface area contributed by atoms with E-state index in [1.807, 2.05) is 19.9 Å². The quantitative estimate of drug-likeness (QED) is 0.766. The Bertz CT molecular complexity index is 432. The second-order valence-electron chi connectivity index (χ2n) is 3.43. The maximum absolute atomic E-state index is 6.02. The van der Waals surface area contributed by atoms with Crippen LogP contribution in [0, 0.1) is 0 Å². The van der Waals surface area contributed by atoms with Crippen LogP contribution < -0.4 is 0 Å². The van der Waals surface area contributed by atoms with Gasteiger partial charge < -0.3 is 4.98 Å². The molecule has 0 saturated heterocycles. The summed E-state index contributed by atoms with van der Waals surface area (Å²) in [6, 6.07) is 3.87. The molecule has 0 spiro atoms. The van der Waals surface area contributed by atoms with Crippen LogP contribution in [0.3, 0.4) is 0 Å². The van der Waals surface area contributed by atoms with E-state index >= 15 is 0 Å². The molecular formula is C12H17ClN2. The number of halogens is 1. The number of aromatic amines is 1. The summed E-state index contributed by atoms with van der Waals surface area (Å²) in [6.07, 6.45) is 1.71. The molecule has 15 heavy (non-hydrogen) atoms. The van der Waals surface area contributed by atoms with E-state index < -0.39 is 0 Å². The monoisotopic (exact) mass is 224 g/mol. The standard InChI is InChI=1S/C10H11ClN2.C2H6/c1-6(2)9-5-7-8(11)3-4-12-10(7)13-9;1-2/h3-6H,1-2H3,(H,12,13);1-2H3. The smallest absolute Gasteiger partial charge is 0.138 e. The molecule has 0 radical (unpaired) electrons. The van der Waals surface area contributed by atoms with Crippen molar-refractivity contribution in [3.05, 3.63) is 29.0 Å². The maximum Gasteiger partial charge on any atom is 0.138 e. The van der Waals surface area contributed by atoms with Crippen LogP contribution in [0.25, 0.3) is 11.0 Å². The zero-order valence-electron chi connectivity index (χ0n) is 9.63. The van der Waals surface area contributed by atoms with E-state index in [0.29, 0.717) is 5.92 Å². The highest BCUT2D eigenvalue weighted by atomic mass is 35.5. The van der Waals surface area contributed by atoms with Crippen LogP contribution in [0.5, 0.6) is 0 Å². The van der Waals surface area contributed by atoms with Gasteiger partial charge in [0.2, 0.25) is 0 Å². The molecule has 3 heteroatoms. The van der Waals surface area contributed by atoms with Gasteiger partial charge in [-0.2, -0.15) is 0 Å². The van der Waals surface area contributed by atoms with Gasteiger partial charge in [0.1, 0.15) is 5.65 Å². The lowest BCUT2D eigenvalue weighted by Crippen LogP contribution is -1.85. The molecule has 0 unspecified atom stereocenters. The van der Waals surface area contributed by atoms with Crippen molar-refractivity contribution in [1.29, 1.82) is 0 Å². The molecule has 0 aliphatic carbocycles. The van der Waals surface area contributed by atoms with Gasteiger partial charge in [0.25, 0.3) is 0 Å². The Hall–Kier alpha value is -1.02. The average Bonchev–Trinajstić information content (AvgIpc) is 2.66. The van der Waals surface area contributed by atoms with Crippen LogP contribution in [0.15, 0.2) is 18.3 Å². The highest BCUT2D eigenvalue weighted by Crippen LogP contribution is 2.25. The minimum Gasteiger partial charge on any atom is -0.343 e. The van der Waals surface area contributed by atoms with Crippen molar-refractivity contribution in [2.45, 2.75) is 33.6 Å². The third-order valence-electron chi connectivity index (χ3n) is 2.12. The molecule has 2 nitrogen and oxygen atoms in total. The number of hydrogen-bond acceptors (Lipinski definition) is 1. The van der Waals surface area contributed by atoms with Gasteiger partial charge in [-0.25, -0.2) is 4.98 Å². The predicted octanol–water partition coefficient (Wildman–Crippen LogP) is 4.37. The van der Waals surface area contributed by atoms with Gasteiger partial charge in [-0.15, -0.1) is 0 Å². The van der Waals surface area contributed by atoms with Crippen LogP contribution in [0.4, 0.5) is 0 Å². The third kappa shape index (κ3) is 2.51. The van der Waals surface area contributed by atoms with Crippen LogP contribution in [-0.2, 0) is 0 Å². The molecule has 82 valence electrons. The lowest BCUT2D eigenvalue weighted by molar-refractivity contribution is 0.835. The van der Waals surface area contributed by atoms with E-state index in [4.69, 9.17) is 11.6 Å². The number of pyridine rings is 1. The number of aromatic nitrogens is 2. The molecule has 2 aromatic rings. The van der Waals surface area contributed by atoms with Crippen molar-refractivity contribution in [3.8, 4) is 0 Å². The topological polar surface area (TPSA) is 28.7 Å². The van der Waals surface area contributed by atoms with E-state index in [-0.39, 0.29) is 0 Å². The van der Waals surface area contributed by atoms with Gasteiger partial charge in [0.15, 0.2) is 0 Å². The van der Waals surface area contributed by atoms with Crippen molar-refractivity contribution in [2.75, 3.05) is 0 Å². The normalized spacial score (nSPS) is 10.3. The Morgan fingerprint density at radius 2 is 2.00 bits per heavy atom. The molecule has 0 aromatic carbocycles. The predicted molar refractivity (Wildman–Crippen MR) is 66.5 cm³/mol. The Balaban J connectivity index is 0.000000531. The van der Waals surface area contributed by atoms with E-state index in [1.165, 1.54) is 5.69 Å². The molecule has 0 aliphatic rings. The van der Waals surface area contributed by atoms with Gasteiger partial charge in [0, 0.05) is 17.3 Å². The summed E-state index contributed by atoms with van der Waals surface area (Å²) in [5, 5.41) is 1.76. The van der Waals surface area contributed by atoms with Crippen molar-refractivity contribution >= 4 is 22.6 Å². The molecular weight excluding hydrogens is 208 g/mol. The molecule has 0 aliphatic heterocycles. The Labute approximate surface area is 95.7 Å². The average molecular weight is 225 g/mol. The molecule has 2 aromatic heterocycles. The lowest BCUT2D eigenvalue weighted by atomic mass is 10.1. The first-order valence-electron chi connectivity index (χ1n) is 5.31. The third-order valence-corrected chi connectivity index (χ3v) is 2.45. The van der Waals surface area contributed by atoms with Crippen LogP contribution in [-0.4, -0.2) is 9.97 Å². The summed E-state index contributed by atoms with van der Waals surface area (Å²) >= 11 is 6.02. The van der Waals surface area contributed by atoms with E-state index in [2.05, 4.69) is 29.9 Å². The fourth-order valence-corrected chi connectivity index (χ4v) is 1.53. The number of rotatable bonds is 1. The second kappa shape index (κ2) is 5.17. The number of hydrogen-bond donors (Lipinski definition) is 1. The molecule has 0 bridgehead atoms. The van der Waals surface area contributed by atoms with Crippen LogP contribution in [0.2, 0.25) is 5.02 Å². The second-order valence-corrected chi connectivity index (χ2v) is 3.84. The largest absolute Gasteiger partial charge is 0.343 e. The molecule has 2 heterocycles. The van der Waals surface area contributed by atoms with Gasteiger partial charge in [0.05, 0.1) is 5.02 Å². The fourth-order valence-electron chi connectivity index (χ4n) is 1.33. The zero-order chi connectivity index (χ0) is 11.4. The minimum absolute atomic E-state index is 0.477. The summed E-state index contributed by atoms with van der Waals surface area (Å²) in [5.41, 5.74) is 2.05. The Morgan fingerprint density at radius 1 is 1.33 bits per heavy atom. The summed E-state index contributed by atoms with van der Waals surface area (Å²) in [7, 11) is 0. The van der Waals surface area contributed by atoms with Gasteiger partial charge in [-0.3, -0.25) is 0 Å². The molecule has 0 fully saturated rings. The first-order chi connectivity index (χ1) is 7.18. The van der Waals surface area contributed by atoms with Crippen molar-refractivity contribution in [2.24, 2.45) is 0 Å². The molecule has 0 atom stereocenters. The highest BCUT2D eigenvalue weighted by molar-refractivity contribution is 6.35. The van der Waals surface area contributed by atoms with E-state index in [1.54, 1.807) is 6.20 Å². The van der Waals surface area contributed by atoms with Crippen LogP contribution >= 0.6 is 11.6 Å². The van der Waals surface area contributed by atoms with Gasteiger partial charge in [-0.1, -0.05) is 39.3 Å². The maximum atomic E-state index is 6.02. The molecule has 1 N–H and O–H groups in total.